The van der Waals surface area contributed by atoms with Crippen LogP contribution in [-0.2, 0) is 6.54 Å². The van der Waals surface area contributed by atoms with Gasteiger partial charge in [0.2, 0.25) is 0 Å². The van der Waals surface area contributed by atoms with E-state index in [4.69, 9.17) is 5.73 Å². The number of nitrogen functional groups attached to an aromatic ring is 1. The molecule has 0 aliphatic carbocycles. The number of anilines is 1. The zero-order valence-corrected chi connectivity index (χ0v) is 13.5. The molecule has 0 atom stereocenters. The van der Waals surface area contributed by atoms with Gasteiger partial charge in [-0.15, -0.1) is 10.2 Å². The molecule has 0 bridgehead atoms. The van der Waals surface area contributed by atoms with Crippen LogP contribution in [0.5, 0.6) is 0 Å². The molecule has 3 N–H and O–H groups in total. The number of fused-ring (bicyclic) bond motifs is 1. The Bertz CT molecular complexity index is 948. The highest BCUT2D eigenvalue weighted by Crippen LogP contribution is 2.31. The molecule has 0 saturated heterocycles. The number of hydrogen-bond donors (Lipinski definition) is 2. The number of hydrogen-bond acceptors (Lipinski definition) is 4. The van der Waals surface area contributed by atoms with Crippen LogP contribution in [-0.4, -0.2) is 16.7 Å². The Balaban J connectivity index is 1.78. The summed E-state index contributed by atoms with van der Waals surface area (Å²) in [6.45, 7) is 1.47. The number of nitrogens with one attached hydrogen (secondary N) is 1. The van der Waals surface area contributed by atoms with Crippen molar-refractivity contribution in [2.24, 2.45) is 0 Å². The van der Waals surface area contributed by atoms with Crippen LogP contribution in [0.3, 0.4) is 0 Å². The lowest BCUT2D eigenvalue weighted by molar-refractivity contribution is 0.627. The second-order valence-electron chi connectivity index (χ2n) is 5.97. The number of nitrogens with two attached hydrogens (primary N) is 1. The first-order chi connectivity index (χ1) is 12.2. The van der Waals surface area contributed by atoms with E-state index >= 15 is 0 Å². The van der Waals surface area contributed by atoms with Crippen LogP contribution >= 0.6 is 0 Å². The highest BCUT2D eigenvalue weighted by atomic mass is 19.1. The van der Waals surface area contributed by atoms with Crippen molar-refractivity contribution in [3.05, 3.63) is 83.2 Å². The van der Waals surface area contributed by atoms with Crippen LogP contribution in [0.2, 0.25) is 0 Å². The average molecular weight is 332 g/mol. The summed E-state index contributed by atoms with van der Waals surface area (Å²) in [7, 11) is 0. The molecule has 1 aliphatic rings. The van der Waals surface area contributed by atoms with Crippen molar-refractivity contribution in [3.63, 3.8) is 0 Å². The number of rotatable bonds is 2. The van der Waals surface area contributed by atoms with Gasteiger partial charge in [0, 0.05) is 18.7 Å². The monoisotopic (exact) mass is 332 g/mol. The summed E-state index contributed by atoms with van der Waals surface area (Å²) >= 11 is 0. The molecule has 2 aromatic carbocycles. The van der Waals surface area contributed by atoms with Crippen LogP contribution in [0, 0.1) is 5.82 Å². The Labute approximate surface area is 145 Å². The van der Waals surface area contributed by atoms with Gasteiger partial charge in [-0.2, -0.15) is 0 Å². The summed E-state index contributed by atoms with van der Waals surface area (Å²) < 4.78 is 13.6. The molecule has 0 unspecified atom stereocenters. The first-order valence-corrected chi connectivity index (χ1v) is 8.10. The lowest BCUT2D eigenvalue weighted by Gasteiger charge is -2.13. The summed E-state index contributed by atoms with van der Waals surface area (Å²) in [5.74, 6) is 0.169. The third-order valence-electron chi connectivity index (χ3n) is 4.28. The average Bonchev–Trinajstić information content (AvgIpc) is 2.84. The van der Waals surface area contributed by atoms with E-state index in [9.17, 15) is 4.39 Å². The third kappa shape index (κ3) is 3.14. The molecule has 4 nitrogen and oxygen atoms in total. The Morgan fingerprint density at radius 2 is 1.88 bits per heavy atom. The van der Waals surface area contributed by atoms with Crippen LogP contribution in [0.4, 0.5) is 10.2 Å². The second-order valence-corrected chi connectivity index (χ2v) is 5.97. The molecule has 0 amide bonds. The summed E-state index contributed by atoms with van der Waals surface area (Å²) in [4.78, 5) is 0. The molecule has 124 valence electrons. The molecule has 2 heterocycles. The van der Waals surface area contributed by atoms with E-state index in [1.54, 1.807) is 18.2 Å². The maximum Gasteiger partial charge on any atom is 0.146 e. The zero-order chi connectivity index (χ0) is 17.2. The maximum atomic E-state index is 13.6. The maximum absolute atomic E-state index is 13.6. The van der Waals surface area contributed by atoms with Gasteiger partial charge in [0.15, 0.2) is 0 Å². The van der Waals surface area contributed by atoms with Crippen LogP contribution < -0.4 is 11.1 Å². The summed E-state index contributed by atoms with van der Waals surface area (Å²) in [6, 6.07) is 16.5. The predicted octanol–water partition coefficient (Wildman–Crippen LogP) is 3.40. The number of halogens is 1. The van der Waals surface area contributed by atoms with Crippen LogP contribution in [0.1, 0.15) is 16.7 Å². The smallest absolute Gasteiger partial charge is 0.146 e. The quantitative estimate of drug-likeness (QED) is 0.755. The molecule has 0 radical (unpaired) electrons. The summed E-state index contributed by atoms with van der Waals surface area (Å²) in [5, 5.41) is 11.4. The minimum atomic E-state index is -0.231. The Morgan fingerprint density at radius 3 is 2.68 bits per heavy atom. The van der Waals surface area contributed by atoms with Gasteiger partial charge in [-0.3, -0.25) is 0 Å². The molecule has 1 aliphatic heterocycles. The molecule has 0 saturated carbocycles. The topological polar surface area (TPSA) is 63.8 Å². The molecule has 0 spiro atoms. The van der Waals surface area contributed by atoms with E-state index in [1.807, 2.05) is 18.2 Å². The SMILES string of the molecule is Nc1ccc(-c2ccc3c(c2)CNCC=C3c2cccc(F)c2)nn1. The molecule has 3 aromatic rings. The van der Waals surface area contributed by atoms with Crippen molar-refractivity contribution in [1.82, 2.24) is 15.5 Å². The Morgan fingerprint density at radius 1 is 0.960 bits per heavy atom. The van der Waals surface area contributed by atoms with Crippen molar-refractivity contribution >= 4 is 11.4 Å². The lowest BCUT2D eigenvalue weighted by atomic mass is 9.92. The van der Waals surface area contributed by atoms with Crippen molar-refractivity contribution in [2.75, 3.05) is 12.3 Å². The van der Waals surface area contributed by atoms with E-state index in [-0.39, 0.29) is 5.82 Å². The second kappa shape index (κ2) is 6.45. The van der Waals surface area contributed by atoms with Crippen molar-refractivity contribution in [2.45, 2.75) is 6.54 Å². The molecular formula is C20H17FN4. The number of nitrogens with zero attached hydrogens (tertiary/aromatic N) is 2. The standard InChI is InChI=1S/C20H17FN4/c21-16-3-1-2-13(11-16)18-8-9-23-12-15-10-14(4-5-17(15)18)19-6-7-20(22)25-24-19/h1-8,10-11,23H,9,12H2,(H2,22,25). The van der Waals surface area contributed by atoms with Crippen LogP contribution in [0.15, 0.2) is 60.7 Å². The van der Waals surface area contributed by atoms with Gasteiger partial charge in [0.25, 0.3) is 0 Å². The molecule has 4 rings (SSSR count). The molecular weight excluding hydrogens is 315 g/mol. The largest absolute Gasteiger partial charge is 0.382 e. The van der Waals surface area contributed by atoms with Crippen LogP contribution in [0.25, 0.3) is 16.8 Å². The first kappa shape index (κ1) is 15.5. The van der Waals surface area contributed by atoms with Crippen molar-refractivity contribution in [1.29, 1.82) is 0 Å². The van der Waals surface area contributed by atoms with Gasteiger partial charge in [-0.05, 0) is 52.6 Å². The van der Waals surface area contributed by atoms with E-state index in [0.717, 1.165) is 46.6 Å². The minimum Gasteiger partial charge on any atom is -0.382 e. The lowest BCUT2D eigenvalue weighted by Crippen LogP contribution is -2.11. The molecule has 5 heteroatoms. The minimum absolute atomic E-state index is 0.231. The fourth-order valence-corrected chi connectivity index (χ4v) is 3.08. The molecule has 1 aromatic heterocycles. The van der Waals surface area contributed by atoms with Gasteiger partial charge >= 0.3 is 0 Å². The van der Waals surface area contributed by atoms with Gasteiger partial charge < -0.3 is 11.1 Å². The fourth-order valence-electron chi connectivity index (χ4n) is 3.08. The normalized spacial score (nSPS) is 13.7. The fraction of sp³-hybridized carbons (Fsp3) is 0.100. The Kier molecular flexibility index (Phi) is 3.99. The van der Waals surface area contributed by atoms with Gasteiger partial charge in [-0.1, -0.05) is 30.3 Å². The van der Waals surface area contributed by atoms with Gasteiger partial charge in [-0.25, -0.2) is 4.39 Å². The highest BCUT2D eigenvalue weighted by Gasteiger charge is 2.15. The summed E-state index contributed by atoms with van der Waals surface area (Å²) in [6.07, 6.45) is 2.10. The van der Waals surface area contributed by atoms with E-state index < -0.39 is 0 Å². The van der Waals surface area contributed by atoms with E-state index in [2.05, 4.69) is 33.7 Å². The zero-order valence-electron chi connectivity index (χ0n) is 13.5. The van der Waals surface area contributed by atoms with Crippen molar-refractivity contribution in [3.8, 4) is 11.3 Å². The van der Waals surface area contributed by atoms with Crippen molar-refractivity contribution < 1.29 is 4.39 Å². The predicted molar refractivity (Wildman–Crippen MR) is 97.1 cm³/mol. The number of aromatic nitrogens is 2. The molecule has 25 heavy (non-hydrogen) atoms. The van der Waals surface area contributed by atoms with Gasteiger partial charge in [0.1, 0.15) is 11.6 Å². The summed E-state index contributed by atoms with van der Waals surface area (Å²) in [5.41, 5.74) is 11.5. The Hall–Kier alpha value is -3.05. The van der Waals surface area contributed by atoms with Gasteiger partial charge in [0.05, 0.1) is 5.69 Å². The first-order valence-electron chi connectivity index (χ1n) is 8.10. The molecule has 0 fully saturated rings. The van der Waals surface area contributed by atoms with E-state index in [0.29, 0.717) is 5.82 Å². The highest BCUT2D eigenvalue weighted by molar-refractivity contribution is 5.83. The number of benzene rings is 2. The third-order valence-corrected chi connectivity index (χ3v) is 4.28. The van der Waals surface area contributed by atoms with E-state index in [1.165, 1.54) is 6.07 Å².